The molecule has 110 valence electrons. The summed E-state index contributed by atoms with van der Waals surface area (Å²) in [7, 11) is 0. The maximum absolute atomic E-state index is 11.9. The molecule has 3 rings (SSSR count). The van der Waals surface area contributed by atoms with Crippen molar-refractivity contribution >= 4 is 50.8 Å². The van der Waals surface area contributed by atoms with Crippen LogP contribution in [0.1, 0.15) is 0 Å². The molecule has 0 aliphatic heterocycles. The fourth-order valence-electron chi connectivity index (χ4n) is 1.80. The van der Waals surface area contributed by atoms with Gasteiger partial charge in [-0.2, -0.15) is 0 Å². The summed E-state index contributed by atoms with van der Waals surface area (Å²) < 4.78 is 1.09. The van der Waals surface area contributed by atoms with Gasteiger partial charge in [0.15, 0.2) is 5.01 Å². The number of carbonyl (C=O) groups excluding carboxylic acids is 1. The number of anilines is 2. The van der Waals surface area contributed by atoms with Gasteiger partial charge in [0, 0.05) is 14.8 Å². The molecule has 0 saturated heterocycles. The van der Waals surface area contributed by atoms with Gasteiger partial charge in [0.25, 0.3) is 0 Å². The van der Waals surface area contributed by atoms with Crippen molar-refractivity contribution in [2.45, 2.75) is 0 Å². The first-order valence-corrected chi connectivity index (χ1v) is 8.33. The van der Waals surface area contributed by atoms with Crippen LogP contribution in [0.15, 0.2) is 54.6 Å². The first kappa shape index (κ1) is 14.9. The number of hydrogen-bond donors (Lipinski definition) is 2. The summed E-state index contributed by atoms with van der Waals surface area (Å²) in [5, 5.41) is 14.8. The number of nitrogens with one attached hydrogen (secondary N) is 2. The fourth-order valence-corrected chi connectivity index (χ4v) is 3.40. The Morgan fingerprint density at radius 1 is 0.955 bits per heavy atom. The Morgan fingerprint density at radius 2 is 1.68 bits per heavy atom. The quantitative estimate of drug-likeness (QED) is 0.613. The number of amides is 2. The van der Waals surface area contributed by atoms with Gasteiger partial charge in [0.2, 0.25) is 5.13 Å². The fraction of sp³-hybridized carbons (Fsp3) is 0. The smallest absolute Gasteiger partial charge is 0.308 e. The van der Waals surface area contributed by atoms with Crippen molar-refractivity contribution in [1.82, 2.24) is 10.2 Å². The molecule has 0 bridgehead atoms. The van der Waals surface area contributed by atoms with Gasteiger partial charge in [-0.05, 0) is 40.8 Å². The second-order valence-electron chi connectivity index (χ2n) is 4.34. The molecular formula is C15H11IN4OS. The van der Waals surface area contributed by atoms with Gasteiger partial charge in [0.05, 0.1) is 0 Å². The highest BCUT2D eigenvalue weighted by atomic mass is 127. The zero-order valence-electron chi connectivity index (χ0n) is 11.3. The van der Waals surface area contributed by atoms with Crippen LogP contribution in [0.2, 0.25) is 0 Å². The van der Waals surface area contributed by atoms with Crippen molar-refractivity contribution in [2.24, 2.45) is 0 Å². The van der Waals surface area contributed by atoms with Gasteiger partial charge in [-0.25, -0.2) is 4.79 Å². The van der Waals surface area contributed by atoms with Crippen LogP contribution in [0.5, 0.6) is 0 Å². The zero-order chi connectivity index (χ0) is 15.4. The number of nitrogens with zero attached hydrogens (tertiary/aromatic N) is 2. The Bertz CT molecular complexity index is 791. The minimum absolute atomic E-state index is 0.336. The van der Waals surface area contributed by atoms with Crippen LogP contribution in [0.25, 0.3) is 10.6 Å². The second kappa shape index (κ2) is 6.84. The Hall–Kier alpha value is -2.00. The molecule has 0 aliphatic carbocycles. The summed E-state index contributed by atoms with van der Waals surface area (Å²) in [4.78, 5) is 11.9. The number of urea groups is 1. The first-order chi connectivity index (χ1) is 10.7. The lowest BCUT2D eigenvalue weighted by atomic mass is 10.2. The van der Waals surface area contributed by atoms with Gasteiger partial charge in [-0.3, -0.25) is 5.32 Å². The number of carbonyl (C=O) groups is 1. The summed E-state index contributed by atoms with van der Waals surface area (Å²) in [5.74, 6) is 0. The van der Waals surface area contributed by atoms with Crippen LogP contribution >= 0.6 is 33.9 Å². The minimum atomic E-state index is -0.336. The number of para-hydroxylation sites is 1. The minimum Gasteiger partial charge on any atom is -0.308 e. The molecular weight excluding hydrogens is 411 g/mol. The predicted molar refractivity (Wildman–Crippen MR) is 97.1 cm³/mol. The first-order valence-electron chi connectivity index (χ1n) is 6.44. The van der Waals surface area contributed by atoms with Crippen molar-refractivity contribution in [1.29, 1.82) is 0 Å². The van der Waals surface area contributed by atoms with E-state index >= 15 is 0 Å². The Balaban J connectivity index is 1.70. The van der Waals surface area contributed by atoms with Crippen molar-refractivity contribution in [2.75, 3.05) is 10.6 Å². The third kappa shape index (κ3) is 3.60. The van der Waals surface area contributed by atoms with Gasteiger partial charge in [-0.1, -0.05) is 47.7 Å². The van der Waals surface area contributed by atoms with Crippen molar-refractivity contribution in [3.8, 4) is 10.6 Å². The summed E-state index contributed by atoms with van der Waals surface area (Å²) in [5.41, 5.74) is 1.74. The molecule has 1 heterocycles. The number of benzene rings is 2. The molecule has 2 N–H and O–H groups in total. The lowest BCUT2D eigenvalue weighted by Gasteiger charge is -2.04. The monoisotopic (exact) mass is 422 g/mol. The van der Waals surface area contributed by atoms with E-state index in [1.165, 1.54) is 11.3 Å². The maximum Gasteiger partial charge on any atom is 0.325 e. The van der Waals surface area contributed by atoms with Crippen LogP contribution in [0, 0.1) is 3.57 Å². The lowest BCUT2D eigenvalue weighted by Crippen LogP contribution is -2.19. The second-order valence-corrected chi connectivity index (χ2v) is 6.48. The Morgan fingerprint density at radius 3 is 2.45 bits per heavy atom. The molecule has 0 unspecified atom stereocenters. The van der Waals surface area contributed by atoms with Crippen LogP contribution in [-0.2, 0) is 0 Å². The van der Waals surface area contributed by atoms with Crippen molar-refractivity contribution < 1.29 is 4.79 Å². The topological polar surface area (TPSA) is 66.9 Å². The predicted octanol–water partition coefficient (Wildman–Crippen LogP) is 4.45. The number of hydrogen-bond acceptors (Lipinski definition) is 4. The van der Waals surface area contributed by atoms with E-state index in [9.17, 15) is 4.79 Å². The van der Waals surface area contributed by atoms with E-state index in [0.29, 0.717) is 5.13 Å². The molecule has 0 atom stereocenters. The molecule has 0 spiro atoms. The van der Waals surface area contributed by atoms with Crippen molar-refractivity contribution in [3.05, 3.63) is 58.2 Å². The third-order valence-electron chi connectivity index (χ3n) is 2.78. The van der Waals surface area contributed by atoms with Crippen LogP contribution in [-0.4, -0.2) is 16.2 Å². The molecule has 0 radical (unpaired) electrons. The SMILES string of the molecule is O=C(Nc1ccccc1)Nc1nnc(-c2ccccc2I)s1. The molecule has 22 heavy (non-hydrogen) atoms. The third-order valence-corrected chi connectivity index (χ3v) is 4.59. The molecule has 1 aromatic heterocycles. The van der Waals surface area contributed by atoms with E-state index in [0.717, 1.165) is 19.8 Å². The highest BCUT2D eigenvalue weighted by Gasteiger charge is 2.11. The molecule has 0 aliphatic rings. The van der Waals surface area contributed by atoms with Gasteiger partial charge in [-0.15, -0.1) is 10.2 Å². The molecule has 0 saturated carbocycles. The van der Waals surface area contributed by atoms with E-state index < -0.39 is 0 Å². The number of rotatable bonds is 3. The van der Waals surface area contributed by atoms with Gasteiger partial charge >= 0.3 is 6.03 Å². The molecule has 2 amide bonds. The Labute approximate surface area is 144 Å². The Kier molecular flexibility index (Phi) is 4.64. The average molecular weight is 422 g/mol. The summed E-state index contributed by atoms with van der Waals surface area (Å²) >= 11 is 3.59. The largest absolute Gasteiger partial charge is 0.325 e. The highest BCUT2D eigenvalue weighted by molar-refractivity contribution is 14.1. The van der Waals surface area contributed by atoms with E-state index in [4.69, 9.17) is 0 Å². The van der Waals surface area contributed by atoms with Crippen LogP contribution in [0.3, 0.4) is 0 Å². The summed E-state index contributed by atoms with van der Waals surface area (Å²) in [6.07, 6.45) is 0. The van der Waals surface area contributed by atoms with Crippen LogP contribution < -0.4 is 10.6 Å². The van der Waals surface area contributed by atoms with E-state index in [2.05, 4.69) is 43.4 Å². The summed E-state index contributed by atoms with van der Waals surface area (Å²) in [6, 6.07) is 16.8. The number of aromatic nitrogens is 2. The lowest BCUT2D eigenvalue weighted by molar-refractivity contribution is 0.262. The molecule has 7 heteroatoms. The highest BCUT2D eigenvalue weighted by Crippen LogP contribution is 2.29. The standard InChI is InChI=1S/C15H11IN4OS/c16-12-9-5-4-8-11(12)13-19-20-15(22-13)18-14(21)17-10-6-2-1-3-7-10/h1-9H,(H2,17,18,20,21). The van der Waals surface area contributed by atoms with E-state index in [1.807, 2.05) is 54.6 Å². The molecule has 2 aromatic carbocycles. The summed E-state index contributed by atoms with van der Waals surface area (Å²) in [6.45, 7) is 0. The molecule has 0 fully saturated rings. The maximum atomic E-state index is 11.9. The molecule has 3 aromatic rings. The number of halogens is 1. The normalized spacial score (nSPS) is 10.2. The average Bonchev–Trinajstić information content (AvgIpc) is 2.97. The van der Waals surface area contributed by atoms with Crippen LogP contribution in [0.4, 0.5) is 15.6 Å². The van der Waals surface area contributed by atoms with Crippen molar-refractivity contribution in [3.63, 3.8) is 0 Å². The molecule has 5 nitrogen and oxygen atoms in total. The van der Waals surface area contributed by atoms with E-state index in [-0.39, 0.29) is 6.03 Å². The van der Waals surface area contributed by atoms with Gasteiger partial charge < -0.3 is 5.32 Å². The van der Waals surface area contributed by atoms with E-state index in [1.54, 1.807) is 0 Å². The zero-order valence-corrected chi connectivity index (χ0v) is 14.3. The van der Waals surface area contributed by atoms with Gasteiger partial charge in [0.1, 0.15) is 0 Å².